The number of carbonyl (C=O) groups is 1. The Morgan fingerprint density at radius 3 is 2.71 bits per heavy atom. The maximum Gasteiger partial charge on any atom is 0.254 e. The molecule has 0 aliphatic carbocycles. The second kappa shape index (κ2) is 5.21. The smallest absolute Gasteiger partial charge is 0.254 e. The monoisotopic (exact) mass is 295 g/mol. The topological polar surface area (TPSA) is 20.3 Å². The normalized spacial score (nSPS) is 15.3. The molecule has 0 saturated carbocycles. The molecule has 0 spiro atoms. The van der Waals surface area contributed by atoms with E-state index in [0.717, 1.165) is 35.8 Å². The molecule has 1 aliphatic heterocycles. The van der Waals surface area contributed by atoms with Crippen LogP contribution in [0.4, 0.5) is 0 Å². The van der Waals surface area contributed by atoms with Gasteiger partial charge in [0.05, 0.1) is 0 Å². The van der Waals surface area contributed by atoms with Gasteiger partial charge in [-0.1, -0.05) is 35.8 Å². The molecule has 1 aromatic carbocycles. The summed E-state index contributed by atoms with van der Waals surface area (Å²) in [7, 11) is 0. The zero-order valence-corrected chi connectivity index (χ0v) is 12.0. The summed E-state index contributed by atoms with van der Waals surface area (Å²) in [5.41, 5.74) is 2.04. The summed E-state index contributed by atoms with van der Waals surface area (Å²) in [6.45, 7) is 5.15. The molecule has 0 unspecified atom stereocenters. The lowest BCUT2D eigenvalue weighted by Crippen LogP contribution is -2.44. The van der Waals surface area contributed by atoms with Crippen molar-refractivity contribution in [3.63, 3.8) is 0 Å². The quantitative estimate of drug-likeness (QED) is 0.834. The van der Waals surface area contributed by atoms with E-state index >= 15 is 0 Å². The van der Waals surface area contributed by atoms with Gasteiger partial charge in [0.1, 0.15) is 0 Å². The first-order valence-electron chi connectivity index (χ1n) is 6.27. The molecule has 2 rings (SSSR count). The summed E-state index contributed by atoms with van der Waals surface area (Å²) in [5.74, 6) is 0.196. The van der Waals surface area contributed by atoms with E-state index in [9.17, 15) is 4.79 Å². The molecule has 0 N–H and O–H groups in total. The number of benzene rings is 1. The van der Waals surface area contributed by atoms with Crippen LogP contribution >= 0.6 is 15.9 Å². The number of rotatable bonds is 3. The number of hydrogen-bond donors (Lipinski definition) is 0. The molecule has 92 valence electrons. The zero-order chi connectivity index (χ0) is 12.4. The fourth-order valence-electron chi connectivity index (χ4n) is 2.58. The van der Waals surface area contributed by atoms with Gasteiger partial charge in [0.25, 0.3) is 5.91 Å². The predicted octanol–water partition coefficient (Wildman–Crippen LogP) is 3.64. The predicted molar refractivity (Wildman–Crippen MR) is 73.3 cm³/mol. The first-order valence-corrected chi connectivity index (χ1v) is 7.06. The summed E-state index contributed by atoms with van der Waals surface area (Å²) < 4.78 is 1.06. The minimum absolute atomic E-state index is 0.196. The van der Waals surface area contributed by atoms with E-state index < -0.39 is 0 Å². The van der Waals surface area contributed by atoms with Gasteiger partial charge in [-0.3, -0.25) is 4.79 Å². The summed E-state index contributed by atoms with van der Waals surface area (Å²) in [4.78, 5) is 14.5. The first-order chi connectivity index (χ1) is 8.19. The maximum absolute atomic E-state index is 12.4. The summed E-state index contributed by atoms with van der Waals surface area (Å²) in [6, 6.07) is 6.28. The Hall–Kier alpha value is -0.830. The lowest BCUT2D eigenvalue weighted by molar-refractivity contribution is 0.0648. The third-order valence-corrected chi connectivity index (χ3v) is 4.34. The molecular formula is C14H18BrNO. The van der Waals surface area contributed by atoms with Gasteiger partial charge in [-0.25, -0.2) is 0 Å². The minimum atomic E-state index is 0.196. The van der Waals surface area contributed by atoms with E-state index in [1.807, 2.05) is 23.1 Å². The van der Waals surface area contributed by atoms with Gasteiger partial charge in [-0.05, 0) is 37.0 Å². The Morgan fingerprint density at radius 1 is 1.35 bits per heavy atom. The molecule has 0 atom stereocenters. The average Bonchev–Trinajstić information content (AvgIpc) is 2.34. The molecule has 0 fully saturated rings. The third-order valence-electron chi connectivity index (χ3n) is 3.60. The van der Waals surface area contributed by atoms with Crippen LogP contribution in [0.15, 0.2) is 22.7 Å². The molecule has 17 heavy (non-hydrogen) atoms. The van der Waals surface area contributed by atoms with Gasteiger partial charge < -0.3 is 4.90 Å². The first kappa shape index (κ1) is 12.6. The standard InChI is InChI=1S/C14H18BrNO/c1-3-10(4-2)16-9-8-11-12(14(16)17)6-5-7-13(11)15/h5-7,10H,3-4,8-9H2,1-2H3. The van der Waals surface area contributed by atoms with E-state index in [1.165, 1.54) is 5.56 Å². The van der Waals surface area contributed by atoms with Crippen LogP contribution < -0.4 is 0 Å². The number of fused-ring (bicyclic) bond motifs is 1. The Kier molecular flexibility index (Phi) is 3.87. The SMILES string of the molecule is CCC(CC)N1CCc2c(Br)cccc2C1=O. The van der Waals surface area contributed by atoms with Gasteiger partial charge in [-0.2, -0.15) is 0 Å². The Morgan fingerprint density at radius 2 is 2.06 bits per heavy atom. The van der Waals surface area contributed by atoms with Crippen molar-refractivity contribution in [2.24, 2.45) is 0 Å². The summed E-state index contributed by atoms with van der Waals surface area (Å²) in [6.07, 6.45) is 3.02. The van der Waals surface area contributed by atoms with E-state index in [-0.39, 0.29) is 5.91 Å². The molecule has 3 heteroatoms. The highest BCUT2D eigenvalue weighted by Crippen LogP contribution is 2.28. The number of halogens is 1. The lowest BCUT2D eigenvalue weighted by Gasteiger charge is -2.35. The zero-order valence-electron chi connectivity index (χ0n) is 10.4. The molecule has 0 bridgehead atoms. The Labute approximate surface area is 111 Å². The Bertz CT molecular complexity index is 426. The van der Waals surface area contributed by atoms with Crippen LogP contribution in [0.1, 0.15) is 42.6 Å². The second-order valence-corrected chi connectivity index (χ2v) is 5.34. The van der Waals surface area contributed by atoms with Crippen molar-refractivity contribution in [2.45, 2.75) is 39.2 Å². The fourth-order valence-corrected chi connectivity index (χ4v) is 3.14. The molecule has 0 aromatic heterocycles. The summed E-state index contributed by atoms with van der Waals surface area (Å²) in [5, 5.41) is 0. The van der Waals surface area contributed by atoms with Crippen LogP contribution in [0.25, 0.3) is 0 Å². The molecule has 1 aromatic rings. The lowest BCUT2D eigenvalue weighted by atomic mass is 9.96. The van der Waals surface area contributed by atoms with Crippen LogP contribution in [-0.2, 0) is 6.42 Å². The molecule has 1 heterocycles. The summed E-state index contributed by atoms with van der Waals surface area (Å²) >= 11 is 3.53. The van der Waals surface area contributed by atoms with Gasteiger partial charge in [0, 0.05) is 22.6 Å². The van der Waals surface area contributed by atoms with E-state index in [1.54, 1.807) is 0 Å². The van der Waals surface area contributed by atoms with Crippen LogP contribution in [0.5, 0.6) is 0 Å². The Balaban J connectivity index is 2.33. The molecule has 0 radical (unpaired) electrons. The van der Waals surface area contributed by atoms with Crippen molar-refractivity contribution in [3.05, 3.63) is 33.8 Å². The highest BCUT2D eigenvalue weighted by molar-refractivity contribution is 9.10. The number of hydrogen-bond acceptors (Lipinski definition) is 1. The van der Waals surface area contributed by atoms with Crippen LogP contribution in [0.2, 0.25) is 0 Å². The maximum atomic E-state index is 12.4. The molecule has 0 saturated heterocycles. The van der Waals surface area contributed by atoms with Gasteiger partial charge in [-0.15, -0.1) is 0 Å². The third kappa shape index (κ3) is 2.25. The van der Waals surface area contributed by atoms with E-state index in [0.29, 0.717) is 6.04 Å². The minimum Gasteiger partial charge on any atom is -0.335 e. The molecule has 1 amide bonds. The number of amides is 1. The van der Waals surface area contributed by atoms with Crippen molar-refractivity contribution in [1.82, 2.24) is 4.90 Å². The average molecular weight is 296 g/mol. The van der Waals surface area contributed by atoms with Crippen LogP contribution in [0, 0.1) is 0 Å². The van der Waals surface area contributed by atoms with E-state index in [2.05, 4.69) is 29.8 Å². The van der Waals surface area contributed by atoms with Crippen LogP contribution in [0.3, 0.4) is 0 Å². The number of carbonyl (C=O) groups excluding carboxylic acids is 1. The highest BCUT2D eigenvalue weighted by Gasteiger charge is 2.28. The van der Waals surface area contributed by atoms with Crippen molar-refractivity contribution >= 4 is 21.8 Å². The molecule has 1 aliphatic rings. The largest absolute Gasteiger partial charge is 0.335 e. The second-order valence-electron chi connectivity index (χ2n) is 4.48. The van der Waals surface area contributed by atoms with Crippen molar-refractivity contribution < 1.29 is 4.79 Å². The van der Waals surface area contributed by atoms with Crippen molar-refractivity contribution in [2.75, 3.05) is 6.54 Å². The highest BCUT2D eigenvalue weighted by atomic mass is 79.9. The van der Waals surface area contributed by atoms with Crippen molar-refractivity contribution in [1.29, 1.82) is 0 Å². The van der Waals surface area contributed by atoms with Gasteiger partial charge in [0.15, 0.2) is 0 Å². The van der Waals surface area contributed by atoms with Gasteiger partial charge in [0.2, 0.25) is 0 Å². The van der Waals surface area contributed by atoms with Crippen LogP contribution in [-0.4, -0.2) is 23.4 Å². The van der Waals surface area contributed by atoms with E-state index in [4.69, 9.17) is 0 Å². The number of nitrogens with zero attached hydrogens (tertiary/aromatic N) is 1. The van der Waals surface area contributed by atoms with Gasteiger partial charge >= 0.3 is 0 Å². The molecule has 2 nitrogen and oxygen atoms in total. The molecular weight excluding hydrogens is 278 g/mol. The fraction of sp³-hybridized carbons (Fsp3) is 0.500. The van der Waals surface area contributed by atoms with Crippen molar-refractivity contribution in [3.8, 4) is 0 Å².